The van der Waals surface area contributed by atoms with Gasteiger partial charge in [0.05, 0.1) is 18.2 Å². The summed E-state index contributed by atoms with van der Waals surface area (Å²) in [7, 11) is 0. The highest BCUT2D eigenvalue weighted by Crippen LogP contribution is 2.20. The van der Waals surface area contributed by atoms with Gasteiger partial charge in [-0.15, -0.1) is 6.58 Å². The fraction of sp³-hybridized carbons (Fsp3) is 0.429. The molecular formula is C14H19ClFNO. The van der Waals surface area contributed by atoms with Crippen LogP contribution >= 0.6 is 11.6 Å². The van der Waals surface area contributed by atoms with Crippen LogP contribution in [0.15, 0.2) is 30.9 Å². The first-order valence-electron chi connectivity index (χ1n) is 6.02. The summed E-state index contributed by atoms with van der Waals surface area (Å²) in [6.45, 7) is 7.72. The molecule has 0 fully saturated rings. The SMILES string of the molecule is C=CCCOCCNC(C)c1ccc(F)c(Cl)c1. The van der Waals surface area contributed by atoms with Gasteiger partial charge in [-0.05, 0) is 31.0 Å². The van der Waals surface area contributed by atoms with E-state index in [1.807, 2.05) is 13.0 Å². The molecule has 1 N–H and O–H groups in total. The summed E-state index contributed by atoms with van der Waals surface area (Å²) in [5.41, 5.74) is 0.965. The minimum atomic E-state index is -0.389. The molecule has 0 bridgehead atoms. The summed E-state index contributed by atoms with van der Waals surface area (Å²) >= 11 is 5.74. The maximum atomic E-state index is 13.0. The molecule has 2 nitrogen and oxygen atoms in total. The van der Waals surface area contributed by atoms with Gasteiger partial charge in [-0.1, -0.05) is 23.7 Å². The summed E-state index contributed by atoms with van der Waals surface area (Å²) in [5.74, 6) is -0.389. The molecule has 1 aromatic rings. The third-order valence-electron chi connectivity index (χ3n) is 2.61. The average molecular weight is 272 g/mol. The minimum Gasteiger partial charge on any atom is -0.380 e. The number of ether oxygens (including phenoxy) is 1. The molecule has 0 saturated carbocycles. The summed E-state index contributed by atoms with van der Waals surface area (Å²) in [6, 6.07) is 4.88. The second kappa shape index (κ2) is 8.25. The van der Waals surface area contributed by atoms with Crippen molar-refractivity contribution in [3.8, 4) is 0 Å². The van der Waals surface area contributed by atoms with Crippen LogP contribution in [0.2, 0.25) is 5.02 Å². The number of nitrogens with one attached hydrogen (secondary N) is 1. The lowest BCUT2D eigenvalue weighted by Crippen LogP contribution is -2.23. The normalized spacial score (nSPS) is 12.4. The van der Waals surface area contributed by atoms with Gasteiger partial charge in [-0.2, -0.15) is 0 Å². The van der Waals surface area contributed by atoms with Gasteiger partial charge in [-0.25, -0.2) is 4.39 Å². The van der Waals surface area contributed by atoms with Crippen LogP contribution in [0.1, 0.15) is 24.9 Å². The molecule has 0 aliphatic carbocycles. The molecule has 1 aromatic carbocycles. The van der Waals surface area contributed by atoms with Crippen LogP contribution in [0.3, 0.4) is 0 Å². The van der Waals surface area contributed by atoms with Crippen LogP contribution in [0.25, 0.3) is 0 Å². The molecule has 1 unspecified atom stereocenters. The number of benzene rings is 1. The molecule has 0 spiro atoms. The van der Waals surface area contributed by atoms with Crippen LogP contribution in [0.4, 0.5) is 4.39 Å². The van der Waals surface area contributed by atoms with E-state index in [2.05, 4.69) is 11.9 Å². The Bertz CT molecular complexity index is 384. The number of hydrogen-bond acceptors (Lipinski definition) is 2. The van der Waals surface area contributed by atoms with Gasteiger partial charge in [-0.3, -0.25) is 0 Å². The van der Waals surface area contributed by atoms with E-state index in [0.29, 0.717) is 13.2 Å². The molecule has 0 aromatic heterocycles. The highest BCUT2D eigenvalue weighted by atomic mass is 35.5. The van der Waals surface area contributed by atoms with Crippen molar-refractivity contribution in [3.05, 3.63) is 47.3 Å². The maximum Gasteiger partial charge on any atom is 0.141 e. The predicted octanol–water partition coefficient (Wildman–Crippen LogP) is 3.72. The van der Waals surface area contributed by atoms with Crippen molar-refractivity contribution >= 4 is 11.6 Å². The second-order valence-electron chi connectivity index (χ2n) is 4.04. The molecule has 0 amide bonds. The quantitative estimate of drug-likeness (QED) is 0.575. The summed E-state index contributed by atoms with van der Waals surface area (Å²) in [4.78, 5) is 0. The summed E-state index contributed by atoms with van der Waals surface area (Å²) in [6.07, 6.45) is 2.69. The van der Waals surface area contributed by atoms with Crippen LogP contribution in [0, 0.1) is 5.82 Å². The van der Waals surface area contributed by atoms with Crippen molar-refractivity contribution in [2.45, 2.75) is 19.4 Å². The Labute approximate surface area is 113 Å². The van der Waals surface area contributed by atoms with Gasteiger partial charge in [0.2, 0.25) is 0 Å². The van der Waals surface area contributed by atoms with Crippen LogP contribution < -0.4 is 5.32 Å². The standard InChI is InChI=1S/C14H19ClFNO/c1-3-4-8-18-9-7-17-11(2)12-5-6-14(16)13(15)10-12/h3,5-6,10-11,17H,1,4,7-9H2,2H3. The van der Waals surface area contributed by atoms with Crippen LogP contribution in [-0.2, 0) is 4.74 Å². The largest absolute Gasteiger partial charge is 0.380 e. The van der Waals surface area contributed by atoms with Gasteiger partial charge < -0.3 is 10.1 Å². The third kappa shape index (κ3) is 5.17. The molecule has 100 valence electrons. The van der Waals surface area contributed by atoms with Crippen molar-refractivity contribution in [1.29, 1.82) is 0 Å². The number of hydrogen-bond donors (Lipinski definition) is 1. The maximum absolute atomic E-state index is 13.0. The van der Waals surface area contributed by atoms with E-state index in [1.54, 1.807) is 12.1 Å². The zero-order chi connectivity index (χ0) is 13.4. The van der Waals surface area contributed by atoms with Gasteiger partial charge in [0.1, 0.15) is 5.82 Å². The van der Waals surface area contributed by atoms with Crippen molar-refractivity contribution in [1.82, 2.24) is 5.32 Å². The highest BCUT2D eigenvalue weighted by Gasteiger charge is 2.07. The van der Waals surface area contributed by atoms with E-state index in [4.69, 9.17) is 16.3 Å². The molecular weight excluding hydrogens is 253 g/mol. The molecule has 0 aliphatic rings. The van der Waals surface area contributed by atoms with Gasteiger partial charge in [0.15, 0.2) is 0 Å². The molecule has 0 heterocycles. The number of rotatable bonds is 8. The number of halogens is 2. The Balaban J connectivity index is 2.29. The van der Waals surface area contributed by atoms with Gasteiger partial charge in [0.25, 0.3) is 0 Å². The van der Waals surface area contributed by atoms with E-state index in [1.165, 1.54) is 6.07 Å². The molecule has 0 aliphatic heterocycles. The van der Waals surface area contributed by atoms with Crippen molar-refractivity contribution in [2.24, 2.45) is 0 Å². The van der Waals surface area contributed by atoms with Crippen molar-refractivity contribution < 1.29 is 9.13 Å². The molecule has 1 atom stereocenters. The zero-order valence-corrected chi connectivity index (χ0v) is 11.3. The van der Waals surface area contributed by atoms with E-state index in [9.17, 15) is 4.39 Å². The molecule has 18 heavy (non-hydrogen) atoms. The lowest BCUT2D eigenvalue weighted by atomic mass is 10.1. The van der Waals surface area contributed by atoms with E-state index < -0.39 is 0 Å². The van der Waals surface area contributed by atoms with Gasteiger partial charge in [0, 0.05) is 12.6 Å². The molecule has 1 rings (SSSR count). The van der Waals surface area contributed by atoms with E-state index >= 15 is 0 Å². The summed E-state index contributed by atoms with van der Waals surface area (Å²) < 4.78 is 18.4. The van der Waals surface area contributed by atoms with Crippen LogP contribution in [-0.4, -0.2) is 19.8 Å². The monoisotopic (exact) mass is 271 g/mol. The molecule has 0 radical (unpaired) electrons. The predicted molar refractivity (Wildman–Crippen MR) is 73.5 cm³/mol. The van der Waals surface area contributed by atoms with E-state index in [-0.39, 0.29) is 16.9 Å². The smallest absolute Gasteiger partial charge is 0.141 e. The molecule has 0 saturated heterocycles. The fourth-order valence-corrected chi connectivity index (χ4v) is 1.70. The first-order chi connectivity index (χ1) is 8.65. The first-order valence-corrected chi connectivity index (χ1v) is 6.40. The summed E-state index contributed by atoms with van der Waals surface area (Å²) in [5, 5.41) is 3.45. The van der Waals surface area contributed by atoms with Crippen molar-refractivity contribution in [2.75, 3.05) is 19.8 Å². The van der Waals surface area contributed by atoms with Gasteiger partial charge >= 0.3 is 0 Å². The van der Waals surface area contributed by atoms with Crippen LogP contribution in [0.5, 0.6) is 0 Å². The zero-order valence-electron chi connectivity index (χ0n) is 10.6. The van der Waals surface area contributed by atoms with Crippen molar-refractivity contribution in [3.63, 3.8) is 0 Å². The fourth-order valence-electron chi connectivity index (χ4n) is 1.52. The lowest BCUT2D eigenvalue weighted by molar-refractivity contribution is 0.138. The first kappa shape index (κ1) is 15.2. The van der Waals surface area contributed by atoms with E-state index in [0.717, 1.165) is 18.5 Å². The lowest BCUT2D eigenvalue weighted by Gasteiger charge is -2.14. The second-order valence-corrected chi connectivity index (χ2v) is 4.45. The molecule has 4 heteroatoms. The topological polar surface area (TPSA) is 21.3 Å². The average Bonchev–Trinajstić information content (AvgIpc) is 2.36. The highest BCUT2D eigenvalue weighted by molar-refractivity contribution is 6.30. The Morgan fingerprint density at radius 2 is 2.28 bits per heavy atom. The Kier molecular flexibility index (Phi) is 6.94. The Morgan fingerprint density at radius 3 is 2.94 bits per heavy atom. The Morgan fingerprint density at radius 1 is 1.50 bits per heavy atom. The third-order valence-corrected chi connectivity index (χ3v) is 2.90. The Hall–Kier alpha value is -0.900. The minimum absolute atomic E-state index is 0.117.